The van der Waals surface area contributed by atoms with Gasteiger partial charge in [0.25, 0.3) is 0 Å². The summed E-state index contributed by atoms with van der Waals surface area (Å²) in [5, 5.41) is 18.2. The van der Waals surface area contributed by atoms with Crippen molar-refractivity contribution >= 4 is 11.9 Å². The summed E-state index contributed by atoms with van der Waals surface area (Å²) in [6.07, 6.45) is 0.855. The Kier molecular flexibility index (Phi) is 3.91. The predicted octanol–water partition coefficient (Wildman–Crippen LogP) is 0.471. The van der Waals surface area contributed by atoms with E-state index < -0.39 is 11.4 Å². The number of carbonyl (C=O) groups excluding carboxylic acids is 1. The van der Waals surface area contributed by atoms with Gasteiger partial charge >= 0.3 is 5.97 Å². The van der Waals surface area contributed by atoms with E-state index in [1.807, 2.05) is 0 Å². The lowest BCUT2D eigenvalue weighted by Gasteiger charge is -2.31. The van der Waals surface area contributed by atoms with Crippen molar-refractivity contribution in [1.29, 1.82) is 0 Å². The minimum atomic E-state index is -1.02. The standard InChI is InChI=1S/C11H19NO4/c1-11(2,10(15)16)7-9(14)12-5-3-8(13)4-6-12/h8,13H,3-7H2,1-2H3,(H,15,16). The van der Waals surface area contributed by atoms with Crippen molar-refractivity contribution in [2.24, 2.45) is 5.41 Å². The van der Waals surface area contributed by atoms with Gasteiger partial charge in [-0.25, -0.2) is 0 Å². The average Bonchev–Trinajstić information content (AvgIpc) is 2.17. The number of aliphatic carboxylic acids is 1. The number of piperidine rings is 1. The highest BCUT2D eigenvalue weighted by Gasteiger charge is 2.33. The highest BCUT2D eigenvalue weighted by atomic mass is 16.4. The van der Waals surface area contributed by atoms with Crippen molar-refractivity contribution in [2.75, 3.05) is 13.1 Å². The Labute approximate surface area is 95.1 Å². The zero-order chi connectivity index (χ0) is 12.3. The summed E-state index contributed by atoms with van der Waals surface area (Å²) in [4.78, 5) is 24.3. The molecule has 0 aromatic rings. The number of rotatable bonds is 3. The molecule has 0 spiro atoms. The van der Waals surface area contributed by atoms with E-state index in [1.165, 1.54) is 0 Å². The Morgan fingerprint density at radius 2 is 1.81 bits per heavy atom. The molecule has 1 saturated heterocycles. The van der Waals surface area contributed by atoms with Crippen LogP contribution in [0.15, 0.2) is 0 Å². The van der Waals surface area contributed by atoms with Crippen molar-refractivity contribution in [2.45, 2.75) is 39.2 Å². The number of carbonyl (C=O) groups is 2. The predicted molar refractivity (Wildman–Crippen MR) is 57.9 cm³/mol. The first-order valence-electron chi connectivity index (χ1n) is 5.52. The summed E-state index contributed by atoms with van der Waals surface area (Å²) in [5.41, 5.74) is -1.02. The van der Waals surface area contributed by atoms with Gasteiger partial charge in [0.1, 0.15) is 0 Å². The van der Waals surface area contributed by atoms with E-state index in [4.69, 9.17) is 5.11 Å². The smallest absolute Gasteiger partial charge is 0.309 e. The van der Waals surface area contributed by atoms with E-state index in [2.05, 4.69) is 0 Å². The fraction of sp³-hybridized carbons (Fsp3) is 0.818. The molecule has 5 heteroatoms. The van der Waals surface area contributed by atoms with Crippen LogP contribution in [-0.4, -0.2) is 46.2 Å². The topological polar surface area (TPSA) is 77.8 Å². The van der Waals surface area contributed by atoms with Crippen LogP contribution in [0.3, 0.4) is 0 Å². The van der Waals surface area contributed by atoms with Crippen molar-refractivity contribution in [1.82, 2.24) is 4.90 Å². The molecule has 1 heterocycles. The second-order valence-electron chi connectivity index (χ2n) is 4.98. The first kappa shape index (κ1) is 13.0. The number of nitrogens with zero attached hydrogens (tertiary/aromatic N) is 1. The van der Waals surface area contributed by atoms with Gasteiger partial charge in [-0.2, -0.15) is 0 Å². The zero-order valence-electron chi connectivity index (χ0n) is 9.77. The molecule has 5 nitrogen and oxygen atoms in total. The van der Waals surface area contributed by atoms with E-state index >= 15 is 0 Å². The molecule has 0 radical (unpaired) electrons. The molecule has 1 rings (SSSR count). The van der Waals surface area contributed by atoms with Crippen molar-refractivity contribution in [3.8, 4) is 0 Å². The molecule has 0 aliphatic carbocycles. The molecule has 0 aromatic carbocycles. The van der Waals surface area contributed by atoms with Gasteiger partial charge in [-0.15, -0.1) is 0 Å². The van der Waals surface area contributed by atoms with E-state index in [-0.39, 0.29) is 18.4 Å². The summed E-state index contributed by atoms with van der Waals surface area (Å²) < 4.78 is 0. The number of hydrogen-bond donors (Lipinski definition) is 2. The van der Waals surface area contributed by atoms with Crippen LogP contribution in [0.4, 0.5) is 0 Å². The lowest BCUT2D eigenvalue weighted by Crippen LogP contribution is -2.42. The highest BCUT2D eigenvalue weighted by Crippen LogP contribution is 2.23. The average molecular weight is 229 g/mol. The molecule has 16 heavy (non-hydrogen) atoms. The van der Waals surface area contributed by atoms with Gasteiger partial charge in [-0.1, -0.05) is 0 Å². The first-order valence-corrected chi connectivity index (χ1v) is 5.52. The molecule has 0 atom stereocenters. The van der Waals surface area contributed by atoms with Gasteiger partial charge in [-0.05, 0) is 26.7 Å². The number of amides is 1. The Bertz CT molecular complexity index is 280. The number of aliphatic hydroxyl groups excluding tert-OH is 1. The fourth-order valence-corrected chi connectivity index (χ4v) is 1.68. The summed E-state index contributed by atoms with van der Waals surface area (Å²) in [6, 6.07) is 0. The van der Waals surface area contributed by atoms with Crippen molar-refractivity contribution in [3.63, 3.8) is 0 Å². The summed E-state index contributed by atoms with van der Waals surface area (Å²) >= 11 is 0. The molecular weight excluding hydrogens is 210 g/mol. The molecule has 1 aliphatic heterocycles. The van der Waals surface area contributed by atoms with Crippen LogP contribution in [0.2, 0.25) is 0 Å². The quantitative estimate of drug-likeness (QED) is 0.737. The van der Waals surface area contributed by atoms with Gasteiger partial charge in [0.05, 0.1) is 11.5 Å². The van der Waals surface area contributed by atoms with Crippen LogP contribution in [0, 0.1) is 5.41 Å². The first-order chi connectivity index (χ1) is 7.33. The maximum atomic E-state index is 11.8. The number of carboxylic acid groups (broad SMARTS) is 1. The van der Waals surface area contributed by atoms with Gasteiger partial charge < -0.3 is 15.1 Å². The number of aliphatic hydroxyl groups is 1. The van der Waals surface area contributed by atoms with E-state index in [0.717, 1.165) is 0 Å². The van der Waals surface area contributed by atoms with Crippen LogP contribution in [0.25, 0.3) is 0 Å². The van der Waals surface area contributed by atoms with Crippen LogP contribution in [-0.2, 0) is 9.59 Å². The van der Waals surface area contributed by atoms with Crippen LogP contribution >= 0.6 is 0 Å². The van der Waals surface area contributed by atoms with Crippen LogP contribution < -0.4 is 0 Å². The maximum Gasteiger partial charge on any atom is 0.309 e. The molecule has 0 saturated carbocycles. The lowest BCUT2D eigenvalue weighted by molar-refractivity contribution is -0.152. The second kappa shape index (κ2) is 4.82. The minimum absolute atomic E-state index is 0.0123. The molecule has 0 bridgehead atoms. The Hall–Kier alpha value is -1.10. The Balaban J connectivity index is 2.50. The van der Waals surface area contributed by atoms with E-state index in [0.29, 0.717) is 25.9 Å². The van der Waals surface area contributed by atoms with Gasteiger partial charge in [0.15, 0.2) is 0 Å². The van der Waals surface area contributed by atoms with Gasteiger partial charge in [-0.3, -0.25) is 9.59 Å². The SMILES string of the molecule is CC(C)(CC(=O)N1CCC(O)CC1)C(=O)O. The highest BCUT2D eigenvalue weighted by molar-refractivity contribution is 5.84. The van der Waals surface area contributed by atoms with E-state index in [9.17, 15) is 14.7 Å². The molecule has 1 fully saturated rings. The fourth-order valence-electron chi connectivity index (χ4n) is 1.68. The van der Waals surface area contributed by atoms with Crippen molar-refractivity contribution < 1.29 is 19.8 Å². The third-order valence-corrected chi connectivity index (χ3v) is 2.99. The Morgan fingerprint density at radius 1 is 1.31 bits per heavy atom. The third-order valence-electron chi connectivity index (χ3n) is 2.99. The third kappa shape index (κ3) is 3.20. The zero-order valence-corrected chi connectivity index (χ0v) is 9.77. The van der Waals surface area contributed by atoms with Crippen molar-refractivity contribution in [3.05, 3.63) is 0 Å². The molecule has 92 valence electrons. The monoisotopic (exact) mass is 229 g/mol. The Morgan fingerprint density at radius 3 is 2.25 bits per heavy atom. The van der Waals surface area contributed by atoms with Gasteiger partial charge in [0, 0.05) is 19.5 Å². The molecule has 2 N–H and O–H groups in total. The normalized spacial score (nSPS) is 18.6. The maximum absolute atomic E-state index is 11.8. The lowest BCUT2D eigenvalue weighted by atomic mass is 9.88. The van der Waals surface area contributed by atoms with Crippen LogP contribution in [0.1, 0.15) is 33.1 Å². The molecule has 1 aliphatic rings. The number of hydrogen-bond acceptors (Lipinski definition) is 3. The molecule has 0 aromatic heterocycles. The summed E-state index contributed by atoms with van der Waals surface area (Å²) in [5.74, 6) is -1.10. The number of carboxylic acids is 1. The molecular formula is C11H19NO4. The summed E-state index contributed by atoms with van der Waals surface area (Å²) in [6.45, 7) is 4.14. The minimum Gasteiger partial charge on any atom is -0.481 e. The molecule has 0 unspecified atom stereocenters. The van der Waals surface area contributed by atoms with E-state index in [1.54, 1.807) is 18.7 Å². The largest absolute Gasteiger partial charge is 0.481 e. The summed E-state index contributed by atoms with van der Waals surface area (Å²) in [7, 11) is 0. The van der Waals surface area contributed by atoms with Crippen LogP contribution in [0.5, 0.6) is 0 Å². The molecule has 1 amide bonds. The number of likely N-dealkylation sites (tertiary alicyclic amines) is 1. The van der Waals surface area contributed by atoms with Gasteiger partial charge in [0.2, 0.25) is 5.91 Å². The second-order valence-corrected chi connectivity index (χ2v) is 4.98.